The van der Waals surface area contributed by atoms with Crippen LogP contribution in [0, 0.1) is 16.2 Å². The van der Waals surface area contributed by atoms with Gasteiger partial charge in [0.2, 0.25) is 0 Å². The summed E-state index contributed by atoms with van der Waals surface area (Å²) in [7, 11) is 0. The molecule has 0 unspecified atom stereocenters. The van der Waals surface area contributed by atoms with E-state index in [1.165, 1.54) is 12.8 Å². The van der Waals surface area contributed by atoms with Crippen molar-refractivity contribution in [3.05, 3.63) is 12.2 Å². The van der Waals surface area contributed by atoms with Crippen LogP contribution in [0.3, 0.4) is 0 Å². The maximum atomic E-state index is 2.47. The maximum absolute atomic E-state index is 2.47. The molecule has 0 heterocycles. The van der Waals surface area contributed by atoms with Gasteiger partial charge in [0.05, 0.1) is 0 Å². The highest BCUT2D eigenvalue weighted by Gasteiger charge is 2.52. The lowest BCUT2D eigenvalue weighted by molar-refractivity contribution is 0.0379. The van der Waals surface area contributed by atoms with Crippen molar-refractivity contribution in [2.75, 3.05) is 0 Å². The standard InChI is InChI=1S/C13H24.C2H6.5CH4/c1-7-13(8-2)10-9-11(3,4)12(13,5)6;1-2;;;;;/h9-10H,7-8H2,1-6H3;1-2H3;5*1H4. The summed E-state index contributed by atoms with van der Waals surface area (Å²) in [6.07, 6.45) is 7.40. The topological polar surface area (TPSA) is 0 Å². The fourth-order valence-electron chi connectivity index (χ4n) is 2.80. The molecule has 130 valence electrons. The molecule has 0 N–H and O–H groups in total. The van der Waals surface area contributed by atoms with Crippen molar-refractivity contribution in [1.82, 2.24) is 0 Å². The quantitative estimate of drug-likeness (QED) is 0.446. The van der Waals surface area contributed by atoms with E-state index in [0.717, 1.165) is 0 Å². The first-order chi connectivity index (χ1) is 6.83. The van der Waals surface area contributed by atoms with Crippen LogP contribution in [0.2, 0.25) is 0 Å². The van der Waals surface area contributed by atoms with E-state index in [-0.39, 0.29) is 37.1 Å². The zero-order valence-electron chi connectivity index (χ0n) is 12.1. The number of hydrogen-bond acceptors (Lipinski definition) is 0. The molecular weight excluding hydrogens is 240 g/mol. The molecule has 0 radical (unpaired) electrons. The third kappa shape index (κ3) is 5.26. The maximum Gasteiger partial charge on any atom is -0.00641 e. The van der Waals surface area contributed by atoms with Gasteiger partial charge in [-0.25, -0.2) is 0 Å². The predicted octanol–water partition coefficient (Wildman–Crippen LogP) is 8.62. The number of rotatable bonds is 2. The minimum atomic E-state index is 0. The van der Waals surface area contributed by atoms with Gasteiger partial charge in [-0.3, -0.25) is 0 Å². The first-order valence-electron chi connectivity index (χ1n) is 6.53. The lowest BCUT2D eigenvalue weighted by atomic mass is 9.56. The molecule has 0 heteroatoms. The Hall–Kier alpha value is -0.260. The van der Waals surface area contributed by atoms with Crippen LogP contribution in [0.4, 0.5) is 0 Å². The van der Waals surface area contributed by atoms with Crippen molar-refractivity contribution < 1.29 is 0 Å². The fourth-order valence-corrected chi connectivity index (χ4v) is 2.80. The van der Waals surface area contributed by atoms with Gasteiger partial charge >= 0.3 is 0 Å². The van der Waals surface area contributed by atoms with Crippen LogP contribution in [0.15, 0.2) is 12.2 Å². The monoisotopic (exact) mass is 290 g/mol. The van der Waals surface area contributed by atoms with Crippen molar-refractivity contribution in [3.63, 3.8) is 0 Å². The Kier molecular flexibility index (Phi) is 22.9. The molecule has 1 aliphatic rings. The Morgan fingerprint density at radius 3 is 1.05 bits per heavy atom. The molecular formula is C20H50. The van der Waals surface area contributed by atoms with Gasteiger partial charge in [0.1, 0.15) is 0 Å². The fraction of sp³-hybridized carbons (Fsp3) is 0.900. The molecule has 0 fully saturated rings. The molecule has 1 rings (SSSR count). The Bertz CT molecular complexity index is 214. The minimum Gasteiger partial charge on any atom is -0.0817 e. The van der Waals surface area contributed by atoms with Crippen molar-refractivity contribution in [2.24, 2.45) is 16.2 Å². The second-order valence-corrected chi connectivity index (χ2v) is 5.54. The lowest BCUT2D eigenvalue weighted by Crippen LogP contribution is -2.40. The van der Waals surface area contributed by atoms with Crippen molar-refractivity contribution >= 4 is 0 Å². The highest BCUT2D eigenvalue weighted by Crippen LogP contribution is 2.61. The van der Waals surface area contributed by atoms with E-state index in [0.29, 0.717) is 16.2 Å². The summed E-state index contributed by atoms with van der Waals surface area (Å²) in [5, 5.41) is 0. The Morgan fingerprint density at radius 2 is 0.950 bits per heavy atom. The van der Waals surface area contributed by atoms with Gasteiger partial charge in [-0.05, 0) is 29.1 Å². The summed E-state index contributed by atoms with van der Waals surface area (Å²) in [5.74, 6) is 0. The third-order valence-electron chi connectivity index (χ3n) is 4.94. The van der Waals surface area contributed by atoms with Crippen LogP contribution in [0.25, 0.3) is 0 Å². The van der Waals surface area contributed by atoms with Gasteiger partial charge in [-0.2, -0.15) is 0 Å². The van der Waals surface area contributed by atoms with Crippen LogP contribution in [-0.2, 0) is 0 Å². The summed E-state index contributed by atoms with van der Waals surface area (Å²) >= 11 is 0. The van der Waals surface area contributed by atoms with E-state index in [4.69, 9.17) is 0 Å². The van der Waals surface area contributed by atoms with E-state index >= 15 is 0 Å². The van der Waals surface area contributed by atoms with Crippen molar-refractivity contribution in [2.45, 2.75) is 105 Å². The summed E-state index contributed by atoms with van der Waals surface area (Å²) in [5.41, 5.74) is 1.17. The normalized spacial score (nSPS) is 18.4. The molecule has 0 aromatic carbocycles. The average molecular weight is 291 g/mol. The molecule has 1 aliphatic carbocycles. The zero-order valence-corrected chi connectivity index (χ0v) is 12.1. The van der Waals surface area contributed by atoms with Gasteiger partial charge in [-0.1, -0.05) is 105 Å². The number of hydrogen-bond donors (Lipinski definition) is 0. The highest BCUT2D eigenvalue weighted by atomic mass is 14.6. The van der Waals surface area contributed by atoms with Crippen LogP contribution >= 0.6 is 0 Å². The highest BCUT2D eigenvalue weighted by molar-refractivity contribution is 5.22. The van der Waals surface area contributed by atoms with Gasteiger partial charge in [-0.15, -0.1) is 0 Å². The first kappa shape index (κ1) is 36.7. The van der Waals surface area contributed by atoms with Crippen LogP contribution in [-0.4, -0.2) is 0 Å². The summed E-state index contributed by atoms with van der Waals surface area (Å²) in [6.45, 7) is 18.2. The molecule has 0 bridgehead atoms. The smallest absolute Gasteiger partial charge is 0.00641 e. The summed E-state index contributed by atoms with van der Waals surface area (Å²) < 4.78 is 0. The van der Waals surface area contributed by atoms with E-state index in [1.54, 1.807) is 0 Å². The summed E-state index contributed by atoms with van der Waals surface area (Å²) in [6, 6.07) is 0. The predicted molar refractivity (Wildman–Crippen MR) is 105 cm³/mol. The Balaban J connectivity index is -0.0000000669. The average Bonchev–Trinajstić information content (AvgIpc) is 2.39. The van der Waals surface area contributed by atoms with E-state index in [1.807, 2.05) is 13.8 Å². The third-order valence-corrected chi connectivity index (χ3v) is 4.94. The van der Waals surface area contributed by atoms with Gasteiger partial charge in [0, 0.05) is 0 Å². The van der Waals surface area contributed by atoms with Gasteiger partial charge in [0.15, 0.2) is 0 Å². The van der Waals surface area contributed by atoms with Gasteiger partial charge < -0.3 is 0 Å². The lowest BCUT2D eigenvalue weighted by Gasteiger charge is -2.47. The zero-order chi connectivity index (χ0) is 12.3. The Morgan fingerprint density at radius 1 is 0.650 bits per heavy atom. The molecule has 20 heavy (non-hydrogen) atoms. The van der Waals surface area contributed by atoms with Crippen molar-refractivity contribution in [3.8, 4) is 0 Å². The van der Waals surface area contributed by atoms with Crippen LogP contribution in [0.1, 0.15) is 105 Å². The molecule has 0 aromatic rings. The summed E-state index contributed by atoms with van der Waals surface area (Å²) in [4.78, 5) is 0. The molecule has 0 amide bonds. The van der Waals surface area contributed by atoms with Gasteiger partial charge in [0.25, 0.3) is 0 Å². The minimum absolute atomic E-state index is 0. The molecule has 0 spiro atoms. The second kappa shape index (κ2) is 12.5. The van der Waals surface area contributed by atoms with E-state index in [9.17, 15) is 0 Å². The second-order valence-electron chi connectivity index (χ2n) is 5.54. The SMILES string of the molecule is C.C.C.C.C.CC.CCC1(CC)C=CC(C)(C)C1(C)C. The molecule has 0 saturated heterocycles. The number of allylic oxidation sites excluding steroid dienone is 2. The van der Waals surface area contributed by atoms with E-state index < -0.39 is 0 Å². The molecule has 0 saturated carbocycles. The van der Waals surface area contributed by atoms with Crippen LogP contribution in [0.5, 0.6) is 0 Å². The van der Waals surface area contributed by atoms with E-state index in [2.05, 4.69) is 53.7 Å². The van der Waals surface area contributed by atoms with Crippen molar-refractivity contribution in [1.29, 1.82) is 0 Å². The largest absolute Gasteiger partial charge is 0.0817 e. The first-order valence-corrected chi connectivity index (χ1v) is 6.53. The Labute approximate surface area is 134 Å². The molecule has 0 aliphatic heterocycles. The van der Waals surface area contributed by atoms with Crippen LogP contribution < -0.4 is 0 Å². The molecule has 0 atom stereocenters. The molecule has 0 aromatic heterocycles. The molecule has 0 nitrogen and oxygen atoms in total.